The number of nitrogens with one attached hydrogen (secondary N) is 1. The molecule has 0 fully saturated rings. The summed E-state index contributed by atoms with van der Waals surface area (Å²) in [6.07, 6.45) is 0. The Bertz CT molecular complexity index is 394. The van der Waals surface area contributed by atoms with E-state index in [0.29, 0.717) is 23.2 Å². The molecule has 0 atom stereocenters. The van der Waals surface area contributed by atoms with Crippen LogP contribution in [0.1, 0.15) is 13.8 Å². The second-order valence-electron chi connectivity index (χ2n) is 3.54. The molecule has 0 aliphatic heterocycles. The van der Waals surface area contributed by atoms with E-state index in [0.717, 1.165) is 0 Å². The number of halogens is 2. The minimum Gasteiger partial charge on any atom is -0.374 e. The number of likely N-dealkylation sites (N-methyl/N-ethyl adjacent to an activating group) is 1. The molecule has 0 radical (unpaired) electrons. The van der Waals surface area contributed by atoms with Crippen molar-refractivity contribution >= 4 is 27.5 Å². The Hall–Kier alpha value is -1.10. The molecule has 0 bridgehead atoms. The second-order valence-corrected chi connectivity index (χ2v) is 4.46. The highest BCUT2D eigenvalue weighted by atomic mass is 79.9. The molecule has 0 heterocycles. The van der Waals surface area contributed by atoms with Gasteiger partial charge in [-0.2, -0.15) is 0 Å². The first-order valence-corrected chi connectivity index (χ1v) is 6.34. The SMILES string of the molecule is CCN(CC)C(=O)CNc1ccc(Br)cc1F. The van der Waals surface area contributed by atoms with Gasteiger partial charge in [0.2, 0.25) is 5.91 Å². The molecule has 0 aliphatic rings. The molecule has 0 spiro atoms. The van der Waals surface area contributed by atoms with Gasteiger partial charge < -0.3 is 10.2 Å². The molecule has 1 aromatic rings. The summed E-state index contributed by atoms with van der Waals surface area (Å²) in [6.45, 7) is 5.28. The Labute approximate surface area is 109 Å². The lowest BCUT2D eigenvalue weighted by molar-refractivity contribution is -0.128. The molecular weight excluding hydrogens is 287 g/mol. The predicted octanol–water partition coefficient (Wildman–Crippen LogP) is 2.87. The van der Waals surface area contributed by atoms with E-state index >= 15 is 0 Å². The highest BCUT2D eigenvalue weighted by Crippen LogP contribution is 2.19. The second kappa shape index (κ2) is 6.59. The number of hydrogen-bond acceptors (Lipinski definition) is 2. The Morgan fingerprint density at radius 2 is 2.06 bits per heavy atom. The van der Waals surface area contributed by atoms with Gasteiger partial charge in [0.15, 0.2) is 0 Å². The lowest BCUT2D eigenvalue weighted by Gasteiger charge is -2.19. The zero-order chi connectivity index (χ0) is 12.8. The number of amides is 1. The summed E-state index contributed by atoms with van der Waals surface area (Å²) < 4.78 is 14.1. The maximum atomic E-state index is 13.4. The van der Waals surface area contributed by atoms with Crippen LogP contribution in [0.2, 0.25) is 0 Å². The van der Waals surface area contributed by atoms with Crippen LogP contribution in [0.5, 0.6) is 0 Å². The van der Waals surface area contributed by atoms with Crippen LogP contribution in [0.15, 0.2) is 22.7 Å². The van der Waals surface area contributed by atoms with Crippen LogP contribution >= 0.6 is 15.9 Å². The highest BCUT2D eigenvalue weighted by Gasteiger charge is 2.10. The zero-order valence-corrected chi connectivity index (χ0v) is 11.6. The van der Waals surface area contributed by atoms with Crippen molar-refractivity contribution in [3.05, 3.63) is 28.5 Å². The molecule has 1 aromatic carbocycles. The van der Waals surface area contributed by atoms with Gasteiger partial charge in [0.1, 0.15) is 5.82 Å². The number of carbonyl (C=O) groups excluding carboxylic acids is 1. The van der Waals surface area contributed by atoms with Gasteiger partial charge in [-0.15, -0.1) is 0 Å². The molecule has 0 aliphatic carbocycles. The monoisotopic (exact) mass is 302 g/mol. The summed E-state index contributed by atoms with van der Waals surface area (Å²) in [6, 6.07) is 4.70. The molecule has 0 aromatic heterocycles. The summed E-state index contributed by atoms with van der Waals surface area (Å²) in [5.74, 6) is -0.399. The van der Waals surface area contributed by atoms with Crippen molar-refractivity contribution in [1.29, 1.82) is 0 Å². The Kier molecular flexibility index (Phi) is 5.41. The maximum absolute atomic E-state index is 13.4. The topological polar surface area (TPSA) is 32.3 Å². The first-order valence-electron chi connectivity index (χ1n) is 5.55. The van der Waals surface area contributed by atoms with E-state index in [1.54, 1.807) is 17.0 Å². The Morgan fingerprint density at radius 1 is 1.41 bits per heavy atom. The maximum Gasteiger partial charge on any atom is 0.241 e. The van der Waals surface area contributed by atoms with Crippen LogP contribution in [0, 0.1) is 5.82 Å². The number of rotatable bonds is 5. The van der Waals surface area contributed by atoms with E-state index in [-0.39, 0.29) is 18.3 Å². The number of benzene rings is 1. The van der Waals surface area contributed by atoms with E-state index in [2.05, 4.69) is 21.2 Å². The first kappa shape index (κ1) is 14.0. The normalized spacial score (nSPS) is 10.1. The van der Waals surface area contributed by atoms with E-state index in [4.69, 9.17) is 0 Å². The molecular formula is C12H16BrFN2O. The van der Waals surface area contributed by atoms with Crippen LogP contribution in [-0.2, 0) is 4.79 Å². The van der Waals surface area contributed by atoms with Crippen LogP contribution in [0.4, 0.5) is 10.1 Å². The van der Waals surface area contributed by atoms with E-state index in [1.807, 2.05) is 13.8 Å². The lowest BCUT2D eigenvalue weighted by atomic mass is 10.3. The molecule has 0 saturated carbocycles. The molecule has 0 unspecified atom stereocenters. The van der Waals surface area contributed by atoms with Crippen LogP contribution in [0.3, 0.4) is 0 Å². The van der Waals surface area contributed by atoms with Crippen LogP contribution < -0.4 is 5.32 Å². The Morgan fingerprint density at radius 3 is 2.59 bits per heavy atom. The average molecular weight is 303 g/mol. The van der Waals surface area contributed by atoms with Crippen LogP contribution in [-0.4, -0.2) is 30.4 Å². The standard InChI is InChI=1S/C12H16BrFN2O/c1-3-16(4-2)12(17)8-15-11-6-5-9(13)7-10(11)14/h5-7,15H,3-4,8H2,1-2H3. The third-order valence-corrected chi connectivity index (χ3v) is 2.97. The molecule has 17 heavy (non-hydrogen) atoms. The van der Waals surface area contributed by atoms with E-state index < -0.39 is 0 Å². The van der Waals surface area contributed by atoms with Crippen LogP contribution in [0.25, 0.3) is 0 Å². The largest absolute Gasteiger partial charge is 0.374 e. The van der Waals surface area contributed by atoms with E-state index in [9.17, 15) is 9.18 Å². The summed E-state index contributed by atoms with van der Waals surface area (Å²) >= 11 is 3.18. The highest BCUT2D eigenvalue weighted by molar-refractivity contribution is 9.10. The molecule has 0 saturated heterocycles. The molecule has 1 rings (SSSR count). The Balaban J connectivity index is 2.58. The van der Waals surface area contributed by atoms with Gasteiger partial charge in [-0.1, -0.05) is 15.9 Å². The lowest BCUT2D eigenvalue weighted by Crippen LogP contribution is -2.35. The number of carbonyl (C=O) groups is 1. The number of anilines is 1. The van der Waals surface area contributed by atoms with Crippen molar-refractivity contribution < 1.29 is 9.18 Å². The third kappa shape index (κ3) is 4.00. The zero-order valence-electron chi connectivity index (χ0n) is 9.96. The fourth-order valence-electron chi connectivity index (χ4n) is 1.49. The third-order valence-electron chi connectivity index (χ3n) is 2.48. The predicted molar refractivity (Wildman–Crippen MR) is 70.5 cm³/mol. The van der Waals surface area contributed by atoms with Gasteiger partial charge in [0, 0.05) is 17.6 Å². The van der Waals surface area contributed by atoms with Gasteiger partial charge in [-0.05, 0) is 32.0 Å². The molecule has 1 N–H and O–H groups in total. The van der Waals surface area contributed by atoms with Crippen molar-refractivity contribution in [2.24, 2.45) is 0 Å². The van der Waals surface area contributed by atoms with Gasteiger partial charge in [-0.3, -0.25) is 4.79 Å². The molecule has 3 nitrogen and oxygen atoms in total. The first-order chi connectivity index (χ1) is 8.08. The van der Waals surface area contributed by atoms with Crippen molar-refractivity contribution in [1.82, 2.24) is 4.90 Å². The minimum atomic E-state index is -0.369. The quantitative estimate of drug-likeness (QED) is 0.907. The fourth-order valence-corrected chi connectivity index (χ4v) is 1.82. The summed E-state index contributed by atoms with van der Waals surface area (Å²) in [7, 11) is 0. The van der Waals surface area contributed by atoms with Gasteiger partial charge in [0.05, 0.1) is 12.2 Å². The minimum absolute atomic E-state index is 0.0303. The van der Waals surface area contributed by atoms with Crippen molar-refractivity contribution in [3.8, 4) is 0 Å². The van der Waals surface area contributed by atoms with Crippen molar-refractivity contribution in [2.75, 3.05) is 25.0 Å². The smallest absolute Gasteiger partial charge is 0.241 e. The van der Waals surface area contributed by atoms with Gasteiger partial charge >= 0.3 is 0 Å². The van der Waals surface area contributed by atoms with Crippen molar-refractivity contribution in [3.63, 3.8) is 0 Å². The molecule has 5 heteroatoms. The van der Waals surface area contributed by atoms with Crippen molar-refractivity contribution in [2.45, 2.75) is 13.8 Å². The molecule has 1 amide bonds. The average Bonchev–Trinajstić information content (AvgIpc) is 2.29. The summed E-state index contributed by atoms with van der Waals surface area (Å²) in [5.41, 5.74) is 0.341. The molecule has 94 valence electrons. The summed E-state index contributed by atoms with van der Waals surface area (Å²) in [5, 5.41) is 2.80. The fraction of sp³-hybridized carbons (Fsp3) is 0.417. The van der Waals surface area contributed by atoms with Gasteiger partial charge in [-0.25, -0.2) is 4.39 Å². The number of nitrogens with zero attached hydrogens (tertiary/aromatic N) is 1. The number of hydrogen-bond donors (Lipinski definition) is 1. The summed E-state index contributed by atoms with van der Waals surface area (Å²) in [4.78, 5) is 13.4. The van der Waals surface area contributed by atoms with E-state index in [1.165, 1.54) is 6.07 Å². The van der Waals surface area contributed by atoms with Gasteiger partial charge in [0.25, 0.3) is 0 Å².